The Bertz CT molecular complexity index is 1220. The summed E-state index contributed by atoms with van der Waals surface area (Å²) in [5, 5.41) is 6.19. The number of carbonyl (C=O) groups excluding carboxylic acids is 2. The number of fused-ring (bicyclic) bond motifs is 1. The van der Waals surface area contributed by atoms with Crippen LogP contribution in [0.1, 0.15) is 10.4 Å². The van der Waals surface area contributed by atoms with Crippen LogP contribution >= 0.6 is 0 Å². The highest BCUT2D eigenvalue weighted by molar-refractivity contribution is 6.08. The molecule has 3 aromatic carbocycles. The minimum absolute atomic E-state index is 0.137. The molecular formula is C25H21N3O3. The number of amides is 2. The Morgan fingerprint density at radius 1 is 0.903 bits per heavy atom. The van der Waals surface area contributed by atoms with Crippen molar-refractivity contribution in [3.8, 4) is 17.0 Å². The van der Waals surface area contributed by atoms with E-state index in [-0.39, 0.29) is 18.4 Å². The molecule has 0 saturated carbocycles. The van der Waals surface area contributed by atoms with Gasteiger partial charge in [-0.05, 0) is 48.5 Å². The molecule has 4 rings (SSSR count). The van der Waals surface area contributed by atoms with Gasteiger partial charge in [0.05, 0.1) is 30.4 Å². The molecule has 0 aliphatic carbocycles. The number of nitrogens with one attached hydrogen (secondary N) is 2. The summed E-state index contributed by atoms with van der Waals surface area (Å²) >= 11 is 0. The third-order valence-corrected chi connectivity index (χ3v) is 4.81. The highest BCUT2D eigenvalue weighted by atomic mass is 16.5. The molecular weight excluding hydrogens is 390 g/mol. The Labute approximate surface area is 179 Å². The summed E-state index contributed by atoms with van der Waals surface area (Å²) in [4.78, 5) is 29.9. The van der Waals surface area contributed by atoms with Gasteiger partial charge in [-0.15, -0.1) is 0 Å². The van der Waals surface area contributed by atoms with Crippen LogP contribution in [0.3, 0.4) is 0 Å². The molecule has 1 heterocycles. The fourth-order valence-corrected chi connectivity index (χ4v) is 3.26. The predicted octanol–water partition coefficient (Wildman–Crippen LogP) is 4.28. The Hall–Kier alpha value is -4.19. The number of hydrogen-bond acceptors (Lipinski definition) is 4. The monoisotopic (exact) mass is 411 g/mol. The molecule has 2 amide bonds. The molecule has 0 aliphatic rings. The number of aromatic nitrogens is 1. The van der Waals surface area contributed by atoms with Crippen molar-refractivity contribution in [3.05, 3.63) is 90.5 Å². The lowest BCUT2D eigenvalue weighted by molar-refractivity contribution is -0.115. The smallest absolute Gasteiger partial charge is 0.252 e. The van der Waals surface area contributed by atoms with E-state index in [9.17, 15) is 9.59 Å². The lowest BCUT2D eigenvalue weighted by atomic mass is 10.0. The molecule has 31 heavy (non-hydrogen) atoms. The molecule has 4 aromatic rings. The van der Waals surface area contributed by atoms with Gasteiger partial charge in [0.25, 0.3) is 5.91 Å². The van der Waals surface area contributed by atoms with E-state index in [0.717, 1.165) is 16.7 Å². The number of ether oxygens (including phenoxy) is 1. The summed E-state index contributed by atoms with van der Waals surface area (Å²) in [5.74, 6) is 0.108. The third kappa shape index (κ3) is 4.70. The molecule has 0 fully saturated rings. The van der Waals surface area contributed by atoms with E-state index in [2.05, 4.69) is 10.6 Å². The fourth-order valence-electron chi connectivity index (χ4n) is 3.26. The summed E-state index contributed by atoms with van der Waals surface area (Å²) in [6, 6.07) is 25.8. The number of pyridine rings is 1. The topological polar surface area (TPSA) is 80.3 Å². The fraction of sp³-hybridized carbons (Fsp3) is 0.0800. The van der Waals surface area contributed by atoms with Gasteiger partial charge in [0, 0.05) is 16.6 Å². The van der Waals surface area contributed by atoms with Crippen LogP contribution in [0.5, 0.6) is 5.75 Å². The molecule has 0 unspecified atom stereocenters. The van der Waals surface area contributed by atoms with Gasteiger partial charge < -0.3 is 15.4 Å². The Balaban J connectivity index is 1.58. The summed E-state index contributed by atoms with van der Waals surface area (Å²) in [5.41, 5.74) is 3.37. The van der Waals surface area contributed by atoms with Gasteiger partial charge in [-0.3, -0.25) is 9.59 Å². The van der Waals surface area contributed by atoms with Crippen molar-refractivity contribution in [1.29, 1.82) is 0 Å². The maximum atomic E-state index is 13.0. The van der Waals surface area contributed by atoms with E-state index in [1.165, 1.54) is 0 Å². The van der Waals surface area contributed by atoms with Gasteiger partial charge >= 0.3 is 0 Å². The maximum Gasteiger partial charge on any atom is 0.252 e. The molecule has 0 saturated heterocycles. The predicted molar refractivity (Wildman–Crippen MR) is 121 cm³/mol. The molecule has 154 valence electrons. The zero-order chi connectivity index (χ0) is 21.6. The van der Waals surface area contributed by atoms with Crippen LogP contribution in [0.15, 0.2) is 84.9 Å². The number of benzene rings is 3. The van der Waals surface area contributed by atoms with Gasteiger partial charge in [-0.2, -0.15) is 0 Å². The SMILES string of the molecule is COc1ccc(-c2cc(C(=O)NCC(=O)Nc3ccccc3)c3ccccc3n2)cc1. The van der Waals surface area contributed by atoms with Crippen LogP contribution in [0.2, 0.25) is 0 Å². The molecule has 6 heteroatoms. The average Bonchev–Trinajstić information content (AvgIpc) is 2.82. The first-order valence-corrected chi connectivity index (χ1v) is 9.81. The van der Waals surface area contributed by atoms with Crippen molar-refractivity contribution in [2.24, 2.45) is 0 Å². The van der Waals surface area contributed by atoms with Crippen LogP contribution in [-0.2, 0) is 4.79 Å². The molecule has 0 bridgehead atoms. The zero-order valence-corrected chi connectivity index (χ0v) is 17.0. The summed E-state index contributed by atoms with van der Waals surface area (Å²) in [7, 11) is 1.61. The number of carbonyl (C=O) groups is 2. The molecule has 0 radical (unpaired) electrons. The molecule has 0 aliphatic heterocycles. The van der Waals surface area contributed by atoms with Crippen molar-refractivity contribution < 1.29 is 14.3 Å². The van der Waals surface area contributed by atoms with E-state index >= 15 is 0 Å². The Morgan fingerprint density at radius 2 is 1.61 bits per heavy atom. The lowest BCUT2D eigenvalue weighted by Crippen LogP contribution is -2.33. The largest absolute Gasteiger partial charge is 0.497 e. The third-order valence-electron chi connectivity index (χ3n) is 4.81. The van der Waals surface area contributed by atoms with Crippen molar-refractivity contribution in [1.82, 2.24) is 10.3 Å². The van der Waals surface area contributed by atoms with E-state index in [1.54, 1.807) is 25.3 Å². The second-order valence-corrected chi connectivity index (χ2v) is 6.90. The maximum absolute atomic E-state index is 13.0. The van der Waals surface area contributed by atoms with Crippen molar-refractivity contribution >= 4 is 28.4 Å². The molecule has 0 spiro atoms. The first-order chi connectivity index (χ1) is 15.1. The second-order valence-electron chi connectivity index (χ2n) is 6.90. The van der Waals surface area contributed by atoms with Gasteiger partial charge in [-0.25, -0.2) is 4.98 Å². The van der Waals surface area contributed by atoms with Crippen LogP contribution in [-0.4, -0.2) is 30.5 Å². The van der Waals surface area contributed by atoms with Gasteiger partial charge in [0.1, 0.15) is 5.75 Å². The van der Waals surface area contributed by atoms with Crippen LogP contribution in [0.4, 0.5) is 5.69 Å². The zero-order valence-electron chi connectivity index (χ0n) is 17.0. The minimum Gasteiger partial charge on any atom is -0.497 e. The summed E-state index contributed by atoms with van der Waals surface area (Å²) in [6.07, 6.45) is 0. The van der Waals surface area contributed by atoms with Crippen molar-refractivity contribution in [2.75, 3.05) is 19.0 Å². The quantitative estimate of drug-likeness (QED) is 0.496. The van der Waals surface area contributed by atoms with Crippen LogP contribution < -0.4 is 15.4 Å². The summed E-state index contributed by atoms with van der Waals surface area (Å²) < 4.78 is 5.21. The van der Waals surface area contributed by atoms with E-state index in [4.69, 9.17) is 9.72 Å². The van der Waals surface area contributed by atoms with Crippen LogP contribution in [0.25, 0.3) is 22.2 Å². The first-order valence-electron chi connectivity index (χ1n) is 9.81. The Morgan fingerprint density at radius 3 is 2.35 bits per heavy atom. The molecule has 6 nitrogen and oxygen atoms in total. The highest BCUT2D eigenvalue weighted by Gasteiger charge is 2.15. The average molecular weight is 411 g/mol. The lowest BCUT2D eigenvalue weighted by Gasteiger charge is -2.11. The van der Waals surface area contributed by atoms with Crippen molar-refractivity contribution in [2.45, 2.75) is 0 Å². The second kappa shape index (κ2) is 9.09. The Kier molecular flexibility index (Phi) is 5.89. The number of rotatable bonds is 6. The molecule has 2 N–H and O–H groups in total. The number of para-hydroxylation sites is 2. The highest BCUT2D eigenvalue weighted by Crippen LogP contribution is 2.26. The number of hydrogen-bond donors (Lipinski definition) is 2. The van der Waals surface area contributed by atoms with Gasteiger partial charge in [0.15, 0.2) is 0 Å². The number of methoxy groups -OCH3 is 1. The summed E-state index contributed by atoms with van der Waals surface area (Å²) in [6.45, 7) is -0.137. The normalized spacial score (nSPS) is 10.5. The first kappa shape index (κ1) is 20.1. The van der Waals surface area contributed by atoms with Gasteiger partial charge in [-0.1, -0.05) is 36.4 Å². The van der Waals surface area contributed by atoms with Crippen LogP contribution in [0, 0.1) is 0 Å². The minimum atomic E-state index is -0.337. The van der Waals surface area contributed by atoms with E-state index < -0.39 is 0 Å². The standard InChI is InChI=1S/C25H21N3O3/c1-31-19-13-11-17(12-14-19)23-15-21(20-9-5-6-10-22(20)28-23)25(30)26-16-24(29)27-18-7-3-2-4-8-18/h2-15H,16H2,1H3,(H,26,30)(H,27,29). The number of nitrogens with zero attached hydrogens (tertiary/aromatic N) is 1. The van der Waals surface area contributed by atoms with E-state index in [0.29, 0.717) is 22.5 Å². The van der Waals surface area contributed by atoms with E-state index in [1.807, 2.05) is 66.7 Å². The van der Waals surface area contributed by atoms with Crippen molar-refractivity contribution in [3.63, 3.8) is 0 Å². The molecule has 0 atom stereocenters. The number of anilines is 1. The molecule has 1 aromatic heterocycles. The van der Waals surface area contributed by atoms with Gasteiger partial charge in [0.2, 0.25) is 5.91 Å².